The van der Waals surface area contributed by atoms with E-state index in [1.165, 1.54) is 5.03 Å². The third-order valence-electron chi connectivity index (χ3n) is 1.43. The monoisotopic (exact) mass is 246 g/mol. The van der Waals surface area contributed by atoms with E-state index in [0.717, 1.165) is 12.2 Å². The molecule has 86 valence electrons. The average Bonchev–Trinajstić information content (AvgIpc) is 2.21. The Bertz CT molecular complexity index is 227. The molecule has 0 spiro atoms. The summed E-state index contributed by atoms with van der Waals surface area (Å²) in [7, 11) is 7.49. The van der Waals surface area contributed by atoms with Gasteiger partial charge in [-0.2, -0.15) is 0 Å². The summed E-state index contributed by atoms with van der Waals surface area (Å²) in [5.41, 5.74) is 0. The first kappa shape index (κ1) is 14.5. The van der Waals surface area contributed by atoms with Crippen molar-refractivity contribution >= 4 is 28.0 Å². The van der Waals surface area contributed by atoms with Crippen LogP contribution < -0.4 is 5.32 Å². The highest BCUT2D eigenvalue weighted by Crippen LogP contribution is 2.30. The van der Waals surface area contributed by atoms with Crippen molar-refractivity contribution < 1.29 is 4.79 Å². The molecule has 3 nitrogen and oxygen atoms in total. The van der Waals surface area contributed by atoms with Crippen molar-refractivity contribution in [2.45, 2.75) is 6.92 Å². The van der Waals surface area contributed by atoms with Crippen LogP contribution >= 0.6 is 21.6 Å². The lowest BCUT2D eigenvalue weighted by molar-refractivity contribution is -0.109. The number of nitrogens with zero attached hydrogens (tertiary/aromatic N) is 1. The second-order valence-corrected chi connectivity index (χ2v) is 5.34. The van der Waals surface area contributed by atoms with Crippen LogP contribution in [-0.2, 0) is 4.79 Å². The van der Waals surface area contributed by atoms with E-state index < -0.39 is 0 Å². The minimum Gasteiger partial charge on any atom is -0.372 e. The molecule has 0 aliphatic rings. The molecule has 0 bridgehead atoms. The van der Waals surface area contributed by atoms with E-state index in [9.17, 15) is 4.79 Å². The summed E-state index contributed by atoms with van der Waals surface area (Å²) < 4.78 is 0. The zero-order chi connectivity index (χ0) is 11.5. The molecule has 0 aliphatic carbocycles. The van der Waals surface area contributed by atoms with E-state index in [1.807, 2.05) is 33.2 Å². The molecule has 0 aromatic rings. The molecule has 0 saturated heterocycles. The third kappa shape index (κ3) is 8.44. The van der Waals surface area contributed by atoms with Crippen LogP contribution in [0.1, 0.15) is 6.92 Å². The molecule has 1 amide bonds. The van der Waals surface area contributed by atoms with Gasteiger partial charge in [0, 0.05) is 26.4 Å². The van der Waals surface area contributed by atoms with Gasteiger partial charge < -0.3 is 10.2 Å². The lowest BCUT2D eigenvalue weighted by atomic mass is 10.5. The predicted molar refractivity (Wildman–Crippen MR) is 70.7 cm³/mol. The van der Waals surface area contributed by atoms with Crippen molar-refractivity contribution in [3.63, 3.8) is 0 Å². The summed E-state index contributed by atoms with van der Waals surface area (Å²) in [5.74, 6) is 0.907. The molecule has 0 rings (SSSR count). The van der Waals surface area contributed by atoms with Crippen molar-refractivity contribution in [3.8, 4) is 0 Å². The van der Waals surface area contributed by atoms with E-state index >= 15 is 0 Å². The molecule has 1 N–H and O–H groups in total. The van der Waals surface area contributed by atoms with Crippen molar-refractivity contribution in [3.05, 3.63) is 23.3 Å². The van der Waals surface area contributed by atoms with E-state index in [-0.39, 0.29) is 0 Å². The van der Waals surface area contributed by atoms with Crippen LogP contribution in [0.5, 0.6) is 0 Å². The van der Waals surface area contributed by atoms with Gasteiger partial charge in [-0.25, -0.2) is 0 Å². The maximum Gasteiger partial charge on any atom is 0.207 e. The number of rotatable bonds is 8. The zero-order valence-corrected chi connectivity index (χ0v) is 11.0. The highest BCUT2D eigenvalue weighted by Gasteiger charge is 1.99. The summed E-state index contributed by atoms with van der Waals surface area (Å²) in [6.45, 7) is 2.71. The Morgan fingerprint density at radius 2 is 2.20 bits per heavy atom. The molecule has 0 aromatic heterocycles. The van der Waals surface area contributed by atoms with Gasteiger partial charge in [0.05, 0.1) is 5.03 Å². The van der Waals surface area contributed by atoms with Crippen LogP contribution in [-0.4, -0.2) is 37.7 Å². The first-order valence-electron chi connectivity index (χ1n) is 4.69. The fourth-order valence-electron chi connectivity index (χ4n) is 0.691. The Morgan fingerprint density at radius 1 is 1.47 bits per heavy atom. The first-order chi connectivity index (χ1) is 7.22. The van der Waals surface area contributed by atoms with E-state index in [2.05, 4.69) is 16.3 Å². The number of hydrogen-bond acceptors (Lipinski definition) is 4. The maximum absolute atomic E-state index is 10.00. The van der Waals surface area contributed by atoms with Gasteiger partial charge in [-0.05, 0) is 23.8 Å². The van der Waals surface area contributed by atoms with Gasteiger partial charge in [-0.1, -0.05) is 22.9 Å². The number of carbonyl (C=O) groups is 1. The highest BCUT2D eigenvalue weighted by atomic mass is 33.1. The zero-order valence-electron chi connectivity index (χ0n) is 9.40. The quantitative estimate of drug-likeness (QED) is 0.308. The van der Waals surface area contributed by atoms with Crippen molar-refractivity contribution in [1.29, 1.82) is 0 Å². The predicted octanol–water partition coefficient (Wildman–Crippen LogP) is 2.09. The summed E-state index contributed by atoms with van der Waals surface area (Å²) in [4.78, 5) is 12.1. The molecule has 0 aromatic carbocycles. The maximum atomic E-state index is 10.00. The lowest BCUT2D eigenvalue weighted by Gasteiger charge is -2.15. The van der Waals surface area contributed by atoms with Crippen LogP contribution in [0, 0.1) is 0 Å². The molecule has 5 heteroatoms. The largest absolute Gasteiger partial charge is 0.372 e. The molecule has 0 saturated carbocycles. The van der Waals surface area contributed by atoms with Gasteiger partial charge in [0.25, 0.3) is 0 Å². The number of hydrogen-bond donors (Lipinski definition) is 1. The molecule has 0 fully saturated rings. The smallest absolute Gasteiger partial charge is 0.207 e. The number of carbonyl (C=O) groups excluding carboxylic acids is 1. The first-order valence-corrected chi connectivity index (χ1v) is 7.01. The molecule has 0 unspecified atom stereocenters. The molecule has 0 heterocycles. The minimum absolute atomic E-state index is 0.714. The van der Waals surface area contributed by atoms with Crippen LogP contribution in [0.2, 0.25) is 0 Å². The Hall–Kier alpha value is -0.550. The van der Waals surface area contributed by atoms with Gasteiger partial charge in [0.1, 0.15) is 0 Å². The van der Waals surface area contributed by atoms with Gasteiger partial charge >= 0.3 is 0 Å². The molecule has 0 atom stereocenters. The van der Waals surface area contributed by atoms with E-state index in [0.29, 0.717) is 6.54 Å². The SMILES string of the molecule is C/C=C\C=C(\SSCCNC=O)N(C)C. The van der Waals surface area contributed by atoms with Gasteiger partial charge in [-0.3, -0.25) is 4.79 Å². The van der Waals surface area contributed by atoms with E-state index in [1.54, 1.807) is 21.6 Å². The second kappa shape index (κ2) is 9.98. The molecular weight excluding hydrogens is 228 g/mol. The van der Waals surface area contributed by atoms with Gasteiger partial charge in [-0.15, -0.1) is 0 Å². The van der Waals surface area contributed by atoms with Gasteiger partial charge in [0.15, 0.2) is 0 Å². The summed E-state index contributed by atoms with van der Waals surface area (Å²) in [6, 6.07) is 0. The Labute approximate surface area is 99.8 Å². The standard InChI is InChI=1S/C10H18N2OS2/c1-4-5-6-10(12(2)3)15-14-8-7-11-9-13/h4-6,9H,7-8H2,1-3H3,(H,11,13)/b5-4-,10-6+. The highest BCUT2D eigenvalue weighted by molar-refractivity contribution is 8.78. The Morgan fingerprint density at radius 3 is 2.73 bits per heavy atom. The summed E-state index contributed by atoms with van der Waals surface area (Å²) in [6.07, 6.45) is 6.83. The van der Waals surface area contributed by atoms with Crippen molar-refractivity contribution in [2.24, 2.45) is 0 Å². The summed E-state index contributed by atoms with van der Waals surface area (Å²) >= 11 is 0. The Kier molecular flexibility index (Phi) is 9.62. The molecule has 15 heavy (non-hydrogen) atoms. The summed E-state index contributed by atoms with van der Waals surface area (Å²) in [5, 5.41) is 3.83. The third-order valence-corrected chi connectivity index (χ3v) is 3.96. The van der Waals surface area contributed by atoms with Crippen LogP contribution in [0.25, 0.3) is 0 Å². The minimum atomic E-state index is 0.714. The van der Waals surface area contributed by atoms with Crippen LogP contribution in [0.3, 0.4) is 0 Å². The lowest BCUT2D eigenvalue weighted by Crippen LogP contribution is -2.14. The van der Waals surface area contributed by atoms with Crippen molar-refractivity contribution in [2.75, 3.05) is 26.4 Å². The topological polar surface area (TPSA) is 32.3 Å². The normalized spacial score (nSPS) is 11.8. The molecule has 0 radical (unpaired) electrons. The number of amides is 1. The molecular formula is C10H18N2OS2. The van der Waals surface area contributed by atoms with Crippen LogP contribution in [0.4, 0.5) is 0 Å². The average molecular weight is 246 g/mol. The number of nitrogens with one attached hydrogen (secondary N) is 1. The second-order valence-electron chi connectivity index (χ2n) is 2.90. The fraction of sp³-hybridized carbons (Fsp3) is 0.500. The molecule has 0 aliphatic heterocycles. The van der Waals surface area contributed by atoms with Crippen molar-refractivity contribution in [1.82, 2.24) is 10.2 Å². The van der Waals surface area contributed by atoms with Crippen LogP contribution in [0.15, 0.2) is 23.3 Å². The van der Waals surface area contributed by atoms with E-state index in [4.69, 9.17) is 0 Å². The Balaban J connectivity index is 3.81. The van der Waals surface area contributed by atoms with Gasteiger partial charge in [0.2, 0.25) is 6.41 Å². The number of allylic oxidation sites excluding steroid dienone is 3. The fourth-order valence-corrected chi connectivity index (χ4v) is 2.86.